The van der Waals surface area contributed by atoms with Gasteiger partial charge in [0, 0.05) is 23.1 Å². The first kappa shape index (κ1) is 16.9. The van der Waals surface area contributed by atoms with E-state index in [1.54, 1.807) is 18.3 Å². The van der Waals surface area contributed by atoms with Crippen LogP contribution in [0.4, 0.5) is 4.39 Å². The molecule has 0 aliphatic heterocycles. The first-order chi connectivity index (χ1) is 10.3. The zero-order valence-electron chi connectivity index (χ0n) is 13.3. The minimum absolute atomic E-state index is 0.0603. The Labute approximate surface area is 134 Å². The van der Waals surface area contributed by atoms with E-state index in [2.05, 4.69) is 9.71 Å². The Morgan fingerprint density at radius 2 is 1.77 bits per heavy atom. The summed E-state index contributed by atoms with van der Waals surface area (Å²) in [6.45, 7) is 7.74. The van der Waals surface area contributed by atoms with E-state index in [4.69, 9.17) is 0 Å². The maximum atomic E-state index is 12.9. The maximum Gasteiger partial charge on any atom is 0.136 e. The lowest BCUT2D eigenvalue weighted by molar-refractivity contribution is 0.531. The minimum Gasteiger partial charge on any atom is -0.598 e. The monoisotopic (exact) mass is 320 g/mol. The van der Waals surface area contributed by atoms with Gasteiger partial charge in [0.25, 0.3) is 0 Å². The standard InChI is InChI=1S/C17H21FN2OS/c1-12(20-22(21)17(2,3)4)14-7-10-16(19-11-14)13-5-8-15(18)9-6-13/h5-12,20H,1-4H3. The van der Waals surface area contributed by atoms with Gasteiger partial charge in [0.1, 0.15) is 10.6 Å². The van der Waals surface area contributed by atoms with Crippen LogP contribution in [0.3, 0.4) is 0 Å². The summed E-state index contributed by atoms with van der Waals surface area (Å²) in [6.07, 6.45) is 1.76. The summed E-state index contributed by atoms with van der Waals surface area (Å²) in [5, 5.41) is 0. The van der Waals surface area contributed by atoms with Crippen molar-refractivity contribution in [2.24, 2.45) is 0 Å². The molecule has 0 aliphatic rings. The van der Waals surface area contributed by atoms with Crippen LogP contribution >= 0.6 is 0 Å². The second-order valence-electron chi connectivity index (χ2n) is 6.20. The highest BCUT2D eigenvalue weighted by molar-refractivity contribution is 7.90. The summed E-state index contributed by atoms with van der Waals surface area (Å²) in [5.74, 6) is -0.261. The van der Waals surface area contributed by atoms with E-state index >= 15 is 0 Å². The van der Waals surface area contributed by atoms with Crippen LogP contribution in [0, 0.1) is 5.82 Å². The number of nitrogens with one attached hydrogen (secondary N) is 1. The van der Waals surface area contributed by atoms with Crippen molar-refractivity contribution in [3.05, 3.63) is 54.0 Å². The van der Waals surface area contributed by atoms with Gasteiger partial charge in [0.05, 0.1) is 11.7 Å². The Morgan fingerprint density at radius 1 is 1.14 bits per heavy atom. The summed E-state index contributed by atoms with van der Waals surface area (Å²) in [7, 11) is 0. The van der Waals surface area contributed by atoms with Crippen LogP contribution in [0.25, 0.3) is 11.3 Å². The number of benzene rings is 1. The van der Waals surface area contributed by atoms with Gasteiger partial charge in [0.2, 0.25) is 0 Å². The topological polar surface area (TPSA) is 48.0 Å². The van der Waals surface area contributed by atoms with Crippen molar-refractivity contribution in [1.29, 1.82) is 0 Å². The van der Waals surface area contributed by atoms with Crippen molar-refractivity contribution in [2.45, 2.75) is 38.5 Å². The second-order valence-corrected chi connectivity index (χ2v) is 8.20. The smallest absolute Gasteiger partial charge is 0.136 e. The molecule has 0 spiro atoms. The SMILES string of the molecule is CC(N[S+]([O-])C(C)(C)C)c1ccc(-c2ccc(F)cc2)nc1. The van der Waals surface area contributed by atoms with E-state index < -0.39 is 11.4 Å². The Hall–Kier alpha value is -1.43. The van der Waals surface area contributed by atoms with Gasteiger partial charge < -0.3 is 4.55 Å². The van der Waals surface area contributed by atoms with Crippen LogP contribution < -0.4 is 4.72 Å². The fourth-order valence-corrected chi connectivity index (χ4v) is 2.67. The molecule has 2 unspecified atom stereocenters. The Morgan fingerprint density at radius 3 is 2.27 bits per heavy atom. The summed E-state index contributed by atoms with van der Waals surface area (Å²) >= 11 is -1.13. The predicted octanol–water partition coefficient (Wildman–Crippen LogP) is 4.00. The van der Waals surface area contributed by atoms with E-state index in [1.807, 2.05) is 39.8 Å². The molecule has 0 aliphatic carbocycles. The van der Waals surface area contributed by atoms with Gasteiger partial charge in [0.15, 0.2) is 0 Å². The van der Waals surface area contributed by atoms with Crippen molar-refractivity contribution < 1.29 is 8.94 Å². The molecule has 0 saturated heterocycles. The van der Waals surface area contributed by atoms with Gasteiger partial charge in [-0.1, -0.05) is 6.07 Å². The third-order valence-electron chi connectivity index (χ3n) is 3.27. The zero-order chi connectivity index (χ0) is 16.3. The van der Waals surface area contributed by atoms with Crippen molar-refractivity contribution in [3.63, 3.8) is 0 Å². The molecule has 118 valence electrons. The van der Waals surface area contributed by atoms with Gasteiger partial charge in [-0.2, -0.15) is 0 Å². The molecule has 0 radical (unpaired) electrons. The van der Waals surface area contributed by atoms with Gasteiger partial charge in [-0.15, -0.1) is 4.72 Å². The average Bonchev–Trinajstić information content (AvgIpc) is 2.47. The van der Waals surface area contributed by atoms with Crippen LogP contribution in [0.2, 0.25) is 0 Å². The van der Waals surface area contributed by atoms with Gasteiger partial charge in [-0.3, -0.25) is 4.98 Å². The molecule has 0 saturated carbocycles. The lowest BCUT2D eigenvalue weighted by atomic mass is 10.1. The molecule has 3 nitrogen and oxygen atoms in total. The van der Waals surface area contributed by atoms with E-state index in [0.717, 1.165) is 16.8 Å². The van der Waals surface area contributed by atoms with Crippen LogP contribution in [0.15, 0.2) is 42.6 Å². The first-order valence-electron chi connectivity index (χ1n) is 7.17. The summed E-state index contributed by atoms with van der Waals surface area (Å²) in [4.78, 5) is 4.41. The van der Waals surface area contributed by atoms with Crippen LogP contribution in [0.1, 0.15) is 39.3 Å². The lowest BCUT2D eigenvalue weighted by Gasteiger charge is -2.26. The summed E-state index contributed by atoms with van der Waals surface area (Å²) < 4.78 is 27.8. The Balaban J connectivity index is 2.10. The molecule has 1 aromatic carbocycles. The molecular formula is C17H21FN2OS. The third-order valence-corrected chi connectivity index (χ3v) is 4.95. The molecular weight excluding hydrogens is 299 g/mol. The number of pyridine rings is 1. The first-order valence-corrected chi connectivity index (χ1v) is 8.32. The van der Waals surface area contributed by atoms with Crippen LogP contribution in [-0.4, -0.2) is 14.3 Å². The fraction of sp³-hybridized carbons (Fsp3) is 0.353. The fourth-order valence-electron chi connectivity index (χ4n) is 1.86. The Kier molecular flexibility index (Phi) is 5.21. The molecule has 22 heavy (non-hydrogen) atoms. The number of nitrogens with zero attached hydrogens (tertiary/aromatic N) is 1. The van der Waals surface area contributed by atoms with E-state index in [0.29, 0.717) is 0 Å². The highest BCUT2D eigenvalue weighted by Crippen LogP contribution is 2.22. The highest BCUT2D eigenvalue weighted by atomic mass is 32.2. The summed E-state index contributed by atoms with van der Waals surface area (Å²) in [5.41, 5.74) is 2.61. The molecule has 1 heterocycles. The molecule has 0 amide bonds. The number of rotatable bonds is 4. The number of halogens is 1. The third kappa shape index (κ3) is 4.29. The van der Waals surface area contributed by atoms with E-state index in [9.17, 15) is 8.94 Å². The normalized spacial score (nSPS) is 14.6. The molecule has 1 N–H and O–H groups in total. The van der Waals surface area contributed by atoms with E-state index in [1.165, 1.54) is 12.1 Å². The van der Waals surface area contributed by atoms with Crippen molar-refractivity contribution in [3.8, 4) is 11.3 Å². The Bertz CT molecular complexity index is 608. The molecule has 2 rings (SSSR count). The van der Waals surface area contributed by atoms with Crippen LogP contribution in [0.5, 0.6) is 0 Å². The van der Waals surface area contributed by atoms with Gasteiger partial charge >= 0.3 is 0 Å². The van der Waals surface area contributed by atoms with Crippen LogP contribution in [-0.2, 0) is 11.4 Å². The zero-order valence-corrected chi connectivity index (χ0v) is 14.1. The van der Waals surface area contributed by atoms with E-state index in [-0.39, 0.29) is 16.6 Å². The molecule has 2 atom stereocenters. The lowest BCUT2D eigenvalue weighted by Crippen LogP contribution is -2.40. The molecule has 0 bridgehead atoms. The molecule has 1 aromatic heterocycles. The van der Waals surface area contributed by atoms with Crippen molar-refractivity contribution in [1.82, 2.24) is 9.71 Å². The van der Waals surface area contributed by atoms with Gasteiger partial charge in [-0.05, 0) is 63.6 Å². The highest BCUT2D eigenvalue weighted by Gasteiger charge is 2.28. The van der Waals surface area contributed by atoms with Gasteiger partial charge in [-0.25, -0.2) is 4.39 Å². The number of hydrogen-bond donors (Lipinski definition) is 1. The molecule has 0 fully saturated rings. The molecule has 5 heteroatoms. The van der Waals surface area contributed by atoms with Crippen molar-refractivity contribution >= 4 is 11.4 Å². The average molecular weight is 320 g/mol. The predicted molar refractivity (Wildman–Crippen MR) is 89.1 cm³/mol. The second kappa shape index (κ2) is 6.77. The largest absolute Gasteiger partial charge is 0.598 e. The maximum absolute atomic E-state index is 12.9. The summed E-state index contributed by atoms with van der Waals surface area (Å²) in [6, 6.07) is 10.0. The number of aromatic nitrogens is 1. The molecule has 2 aromatic rings. The number of hydrogen-bond acceptors (Lipinski definition) is 3. The quantitative estimate of drug-likeness (QED) is 0.866. The van der Waals surface area contributed by atoms with Crippen molar-refractivity contribution in [2.75, 3.05) is 0 Å². The minimum atomic E-state index is -1.13.